The van der Waals surface area contributed by atoms with Gasteiger partial charge in [0.25, 0.3) is 11.7 Å². The molecule has 0 saturated heterocycles. The molecule has 1 unspecified atom stereocenters. The van der Waals surface area contributed by atoms with Crippen molar-refractivity contribution in [3.8, 4) is 0 Å². The number of anilines is 2. The molecule has 2 rings (SSSR count). The number of rotatable bonds is 4. The minimum Gasteiger partial charge on any atom is -0.371 e. The average molecular weight is 278 g/mol. The summed E-state index contributed by atoms with van der Waals surface area (Å²) in [6.07, 6.45) is 2.08. The van der Waals surface area contributed by atoms with E-state index >= 15 is 0 Å². The predicted octanol–water partition coefficient (Wildman–Crippen LogP) is 2.03. The molecule has 0 aromatic heterocycles. The van der Waals surface area contributed by atoms with Crippen molar-refractivity contribution in [2.24, 2.45) is 0 Å². The summed E-state index contributed by atoms with van der Waals surface area (Å²) in [5.74, 6) is 0.164. The Labute approximate surface area is 117 Å². The predicted molar refractivity (Wildman–Crippen MR) is 80.4 cm³/mol. The number of carbonyl (C=O) groups excluding carboxylic acids is 2. The number of carbonyl (C=O) groups is 2. The van der Waals surface area contributed by atoms with Gasteiger partial charge < -0.3 is 9.80 Å². The van der Waals surface area contributed by atoms with Crippen LogP contribution >= 0.6 is 11.8 Å². The van der Waals surface area contributed by atoms with Crippen LogP contribution in [0.15, 0.2) is 18.2 Å². The van der Waals surface area contributed by atoms with E-state index in [9.17, 15) is 9.59 Å². The lowest BCUT2D eigenvalue weighted by atomic mass is 10.1. The zero-order chi connectivity index (χ0) is 14.2. The second kappa shape index (κ2) is 5.25. The highest BCUT2D eigenvalue weighted by Crippen LogP contribution is 2.32. The molecule has 102 valence electrons. The molecule has 1 aliphatic heterocycles. The Morgan fingerprint density at radius 2 is 2.05 bits per heavy atom. The average Bonchev–Trinajstić information content (AvgIpc) is 2.63. The van der Waals surface area contributed by atoms with Crippen LogP contribution < -0.4 is 9.80 Å². The normalized spacial score (nSPS) is 15.7. The Morgan fingerprint density at radius 3 is 2.68 bits per heavy atom. The molecule has 1 aromatic carbocycles. The summed E-state index contributed by atoms with van der Waals surface area (Å²) in [5, 5.41) is 0. The number of likely N-dealkylation sites (N-methyl/N-ethyl adjacent to an activating group) is 1. The number of ketones is 1. The van der Waals surface area contributed by atoms with Crippen LogP contribution in [0.5, 0.6) is 0 Å². The maximum absolute atomic E-state index is 11.7. The Kier molecular flexibility index (Phi) is 3.85. The van der Waals surface area contributed by atoms with Crippen molar-refractivity contribution in [2.75, 3.05) is 35.9 Å². The summed E-state index contributed by atoms with van der Waals surface area (Å²) < 4.78 is 0. The molecular formula is C14H18N2O2S. The third-order valence-electron chi connectivity index (χ3n) is 3.56. The van der Waals surface area contributed by atoms with Crippen molar-refractivity contribution in [2.45, 2.75) is 13.0 Å². The van der Waals surface area contributed by atoms with Gasteiger partial charge in [0.15, 0.2) is 0 Å². The molecule has 1 atom stereocenters. The lowest BCUT2D eigenvalue weighted by Crippen LogP contribution is -2.31. The highest BCUT2D eigenvalue weighted by atomic mass is 32.2. The third-order valence-corrected chi connectivity index (χ3v) is 4.38. The third kappa shape index (κ3) is 2.34. The highest BCUT2D eigenvalue weighted by molar-refractivity contribution is 7.98. The molecule has 0 spiro atoms. The van der Waals surface area contributed by atoms with Crippen molar-refractivity contribution in [3.05, 3.63) is 23.8 Å². The summed E-state index contributed by atoms with van der Waals surface area (Å²) in [6, 6.07) is 5.96. The van der Waals surface area contributed by atoms with Crippen LogP contribution in [0.25, 0.3) is 0 Å². The van der Waals surface area contributed by atoms with E-state index < -0.39 is 11.7 Å². The van der Waals surface area contributed by atoms with Gasteiger partial charge in [0.05, 0.1) is 11.3 Å². The minimum atomic E-state index is -0.452. The van der Waals surface area contributed by atoms with E-state index in [1.54, 1.807) is 24.9 Å². The first-order valence-electron chi connectivity index (χ1n) is 6.15. The van der Waals surface area contributed by atoms with Crippen LogP contribution in [-0.2, 0) is 4.79 Å². The van der Waals surface area contributed by atoms with E-state index in [1.807, 2.05) is 19.2 Å². The second-order valence-corrected chi connectivity index (χ2v) is 5.72. The molecule has 0 N–H and O–H groups in total. The number of thioether (sulfide) groups is 1. The van der Waals surface area contributed by atoms with Gasteiger partial charge in [0.1, 0.15) is 0 Å². The SMILES string of the molecule is CSCC(C)N(C)c1ccc2c(c1)N(C)C(=O)C2=O. The molecule has 1 amide bonds. The Hall–Kier alpha value is -1.49. The van der Waals surface area contributed by atoms with E-state index in [-0.39, 0.29) is 0 Å². The molecule has 1 heterocycles. The lowest BCUT2D eigenvalue weighted by molar-refractivity contribution is -0.114. The Bertz CT molecular complexity index is 530. The zero-order valence-corrected chi connectivity index (χ0v) is 12.5. The molecule has 0 aliphatic carbocycles. The molecule has 0 radical (unpaired) electrons. The van der Waals surface area contributed by atoms with Crippen molar-refractivity contribution >= 4 is 34.8 Å². The number of fused-ring (bicyclic) bond motifs is 1. The van der Waals surface area contributed by atoms with Gasteiger partial charge in [-0.05, 0) is 31.4 Å². The van der Waals surface area contributed by atoms with Gasteiger partial charge in [-0.15, -0.1) is 0 Å². The number of nitrogens with zero attached hydrogens (tertiary/aromatic N) is 2. The number of hydrogen-bond donors (Lipinski definition) is 0. The molecular weight excluding hydrogens is 260 g/mol. The van der Waals surface area contributed by atoms with Crippen LogP contribution in [0.3, 0.4) is 0 Å². The summed E-state index contributed by atoms with van der Waals surface area (Å²) in [5.41, 5.74) is 2.23. The molecule has 4 nitrogen and oxygen atoms in total. The molecule has 0 saturated carbocycles. The summed E-state index contributed by atoms with van der Waals surface area (Å²) in [7, 11) is 3.67. The number of benzene rings is 1. The van der Waals surface area contributed by atoms with Crippen LogP contribution in [0.1, 0.15) is 17.3 Å². The van der Waals surface area contributed by atoms with E-state index in [0.29, 0.717) is 17.3 Å². The number of amides is 1. The van der Waals surface area contributed by atoms with Crippen molar-refractivity contribution in [3.63, 3.8) is 0 Å². The first-order valence-corrected chi connectivity index (χ1v) is 7.55. The number of Topliss-reactive ketones (excluding diaryl/α,β-unsaturated/α-hetero) is 1. The molecule has 19 heavy (non-hydrogen) atoms. The van der Waals surface area contributed by atoms with Crippen LogP contribution in [0, 0.1) is 0 Å². The highest BCUT2D eigenvalue weighted by Gasteiger charge is 2.33. The maximum atomic E-state index is 11.7. The molecule has 0 bridgehead atoms. The number of hydrogen-bond acceptors (Lipinski definition) is 4. The first-order chi connectivity index (χ1) is 8.97. The first kappa shape index (κ1) is 13.9. The van der Waals surface area contributed by atoms with Gasteiger partial charge >= 0.3 is 0 Å². The Balaban J connectivity index is 2.33. The van der Waals surface area contributed by atoms with Gasteiger partial charge in [-0.1, -0.05) is 0 Å². The van der Waals surface area contributed by atoms with Gasteiger partial charge in [-0.3, -0.25) is 9.59 Å². The molecule has 1 aromatic rings. The summed E-state index contributed by atoms with van der Waals surface area (Å²) >= 11 is 1.80. The fourth-order valence-corrected chi connectivity index (χ4v) is 2.90. The largest absolute Gasteiger partial charge is 0.371 e. The Morgan fingerprint density at radius 1 is 1.37 bits per heavy atom. The second-order valence-electron chi connectivity index (χ2n) is 4.81. The zero-order valence-electron chi connectivity index (χ0n) is 11.6. The standard InChI is InChI=1S/C14H18N2O2S/c1-9(8-19-4)15(2)10-5-6-11-12(7-10)16(3)14(18)13(11)17/h5-7,9H,8H2,1-4H3. The van der Waals surface area contributed by atoms with Gasteiger partial charge in [0.2, 0.25) is 0 Å². The van der Waals surface area contributed by atoms with Crippen LogP contribution in [0.4, 0.5) is 11.4 Å². The quantitative estimate of drug-likeness (QED) is 0.790. The van der Waals surface area contributed by atoms with Gasteiger partial charge in [-0.2, -0.15) is 11.8 Å². The van der Waals surface area contributed by atoms with E-state index in [0.717, 1.165) is 11.4 Å². The van der Waals surface area contributed by atoms with Gasteiger partial charge in [0, 0.05) is 31.6 Å². The van der Waals surface area contributed by atoms with Crippen molar-refractivity contribution < 1.29 is 9.59 Å². The van der Waals surface area contributed by atoms with Crippen LogP contribution in [0.2, 0.25) is 0 Å². The fraction of sp³-hybridized carbons (Fsp3) is 0.429. The topological polar surface area (TPSA) is 40.6 Å². The summed E-state index contributed by atoms with van der Waals surface area (Å²) in [4.78, 5) is 26.9. The lowest BCUT2D eigenvalue weighted by Gasteiger charge is -2.27. The fourth-order valence-electron chi connectivity index (χ4n) is 2.19. The van der Waals surface area contributed by atoms with E-state index in [2.05, 4.69) is 18.1 Å². The van der Waals surface area contributed by atoms with E-state index in [4.69, 9.17) is 0 Å². The molecule has 0 fully saturated rings. The van der Waals surface area contributed by atoms with E-state index in [1.165, 1.54) is 4.90 Å². The minimum absolute atomic E-state index is 0.395. The maximum Gasteiger partial charge on any atom is 0.299 e. The monoisotopic (exact) mass is 278 g/mol. The smallest absolute Gasteiger partial charge is 0.299 e. The molecule has 1 aliphatic rings. The van der Waals surface area contributed by atoms with Crippen molar-refractivity contribution in [1.82, 2.24) is 0 Å². The van der Waals surface area contributed by atoms with Crippen LogP contribution in [-0.4, -0.2) is 43.8 Å². The van der Waals surface area contributed by atoms with Crippen molar-refractivity contribution in [1.29, 1.82) is 0 Å². The van der Waals surface area contributed by atoms with Gasteiger partial charge in [-0.25, -0.2) is 0 Å². The molecule has 5 heteroatoms. The summed E-state index contributed by atoms with van der Waals surface area (Å²) in [6.45, 7) is 2.16.